The quantitative estimate of drug-likeness (QED) is 0.496. The molecule has 4 aromatic rings. The molecule has 0 saturated heterocycles. The van der Waals surface area contributed by atoms with Crippen LogP contribution < -0.4 is 0 Å². The molecule has 0 aliphatic rings. The molecule has 0 unspecified atom stereocenters. The van der Waals surface area contributed by atoms with E-state index in [1.165, 1.54) is 0 Å². The van der Waals surface area contributed by atoms with Crippen molar-refractivity contribution in [3.8, 4) is 6.07 Å². The van der Waals surface area contributed by atoms with Crippen molar-refractivity contribution < 1.29 is 0 Å². The van der Waals surface area contributed by atoms with E-state index < -0.39 is 0 Å². The van der Waals surface area contributed by atoms with Crippen molar-refractivity contribution in [3.63, 3.8) is 0 Å². The van der Waals surface area contributed by atoms with Crippen LogP contribution >= 0.6 is 15.9 Å². The zero-order valence-electron chi connectivity index (χ0n) is 10.2. The monoisotopic (exact) mass is 322 g/mol. The zero-order chi connectivity index (χ0) is 13.7. The summed E-state index contributed by atoms with van der Waals surface area (Å²) in [6.45, 7) is 0. The molecular formula is C15H7BrN4. The molecular weight excluding hydrogens is 316 g/mol. The molecule has 0 aliphatic carbocycles. The standard InChI is InChI=1S/C15H7BrN4/c16-9-5-6-10-12(7-9)18-14(8-17)20-13-4-2-1-3-11(13)19-15(10)20/h1-7H. The molecule has 2 aromatic carbocycles. The van der Waals surface area contributed by atoms with Gasteiger partial charge in [-0.15, -0.1) is 0 Å². The Morgan fingerprint density at radius 1 is 1.05 bits per heavy atom. The molecule has 0 bridgehead atoms. The van der Waals surface area contributed by atoms with Gasteiger partial charge in [-0.2, -0.15) is 5.26 Å². The van der Waals surface area contributed by atoms with E-state index in [4.69, 9.17) is 0 Å². The molecule has 0 spiro atoms. The summed E-state index contributed by atoms with van der Waals surface area (Å²) in [7, 11) is 0. The van der Waals surface area contributed by atoms with E-state index >= 15 is 0 Å². The predicted molar refractivity (Wildman–Crippen MR) is 80.4 cm³/mol. The summed E-state index contributed by atoms with van der Waals surface area (Å²) in [6, 6.07) is 15.7. The molecule has 94 valence electrons. The Bertz CT molecular complexity index is 1030. The number of hydrogen-bond acceptors (Lipinski definition) is 3. The van der Waals surface area contributed by atoms with Gasteiger partial charge in [0.1, 0.15) is 11.7 Å². The minimum atomic E-state index is 0.347. The van der Waals surface area contributed by atoms with Crippen molar-refractivity contribution in [2.24, 2.45) is 0 Å². The fraction of sp³-hybridized carbons (Fsp3) is 0. The van der Waals surface area contributed by atoms with Gasteiger partial charge in [-0.1, -0.05) is 28.1 Å². The Kier molecular flexibility index (Phi) is 2.29. The van der Waals surface area contributed by atoms with E-state index in [2.05, 4.69) is 32.0 Å². The van der Waals surface area contributed by atoms with Crippen LogP contribution in [0.3, 0.4) is 0 Å². The highest BCUT2D eigenvalue weighted by atomic mass is 79.9. The lowest BCUT2D eigenvalue weighted by Gasteiger charge is -2.03. The van der Waals surface area contributed by atoms with Crippen LogP contribution in [0.25, 0.3) is 27.6 Å². The van der Waals surface area contributed by atoms with Crippen LogP contribution in [0, 0.1) is 11.3 Å². The first-order chi connectivity index (χ1) is 9.78. The van der Waals surface area contributed by atoms with Crippen molar-refractivity contribution >= 4 is 43.5 Å². The number of nitriles is 1. The highest BCUT2D eigenvalue weighted by Gasteiger charge is 2.13. The van der Waals surface area contributed by atoms with Crippen LogP contribution in [0.1, 0.15) is 5.82 Å². The van der Waals surface area contributed by atoms with Gasteiger partial charge in [0.15, 0.2) is 0 Å². The van der Waals surface area contributed by atoms with Gasteiger partial charge in [0.25, 0.3) is 0 Å². The second-order valence-electron chi connectivity index (χ2n) is 4.47. The summed E-state index contributed by atoms with van der Waals surface area (Å²) in [6.07, 6.45) is 0. The molecule has 4 rings (SSSR count). The van der Waals surface area contributed by atoms with Crippen LogP contribution in [0.4, 0.5) is 0 Å². The first-order valence-corrected chi connectivity index (χ1v) is 6.84. The minimum absolute atomic E-state index is 0.347. The number of para-hydroxylation sites is 2. The normalized spacial score (nSPS) is 11.2. The Labute approximate surface area is 122 Å². The predicted octanol–water partition coefficient (Wildman–Crippen LogP) is 3.67. The lowest BCUT2D eigenvalue weighted by molar-refractivity contribution is 1.10. The molecule has 2 aromatic heterocycles. The summed E-state index contributed by atoms with van der Waals surface area (Å²) in [5.74, 6) is 0.347. The van der Waals surface area contributed by atoms with Crippen molar-refractivity contribution in [1.82, 2.24) is 14.4 Å². The van der Waals surface area contributed by atoms with E-state index in [-0.39, 0.29) is 0 Å². The number of fused-ring (bicyclic) bond motifs is 5. The third kappa shape index (κ3) is 1.46. The van der Waals surface area contributed by atoms with Crippen molar-refractivity contribution in [2.45, 2.75) is 0 Å². The fourth-order valence-electron chi connectivity index (χ4n) is 2.45. The Morgan fingerprint density at radius 3 is 2.75 bits per heavy atom. The van der Waals surface area contributed by atoms with Crippen LogP contribution in [-0.2, 0) is 0 Å². The maximum Gasteiger partial charge on any atom is 0.219 e. The lowest BCUT2D eigenvalue weighted by atomic mass is 10.2. The van der Waals surface area contributed by atoms with Crippen molar-refractivity contribution in [3.05, 3.63) is 52.8 Å². The molecule has 20 heavy (non-hydrogen) atoms. The second kappa shape index (κ2) is 4.02. The maximum atomic E-state index is 9.37. The van der Waals surface area contributed by atoms with Gasteiger partial charge in [0.2, 0.25) is 5.82 Å². The largest absolute Gasteiger partial charge is 0.267 e. The summed E-state index contributed by atoms with van der Waals surface area (Å²) in [5.41, 5.74) is 3.29. The molecule has 0 amide bonds. The highest BCUT2D eigenvalue weighted by molar-refractivity contribution is 9.10. The zero-order valence-corrected chi connectivity index (χ0v) is 11.8. The molecule has 2 heterocycles. The lowest BCUT2D eigenvalue weighted by Crippen LogP contribution is -1.97. The number of hydrogen-bond donors (Lipinski definition) is 0. The number of nitrogens with zero attached hydrogens (tertiary/aromatic N) is 4. The van der Waals surface area contributed by atoms with Crippen molar-refractivity contribution in [1.29, 1.82) is 5.26 Å². The molecule has 0 fully saturated rings. The van der Waals surface area contributed by atoms with E-state index in [1.807, 2.05) is 46.9 Å². The first kappa shape index (κ1) is 11.4. The summed E-state index contributed by atoms with van der Waals surface area (Å²) in [4.78, 5) is 9.08. The molecule has 0 atom stereocenters. The smallest absolute Gasteiger partial charge is 0.219 e. The van der Waals surface area contributed by atoms with Crippen molar-refractivity contribution in [2.75, 3.05) is 0 Å². The molecule has 4 nitrogen and oxygen atoms in total. The SMILES string of the molecule is N#Cc1nc2cc(Br)ccc2c2nc3ccccc3n12. The third-order valence-electron chi connectivity index (χ3n) is 3.30. The van der Waals surface area contributed by atoms with E-state index in [1.54, 1.807) is 0 Å². The summed E-state index contributed by atoms with van der Waals surface area (Å²) >= 11 is 3.43. The van der Waals surface area contributed by atoms with Gasteiger partial charge in [0.05, 0.1) is 16.6 Å². The van der Waals surface area contributed by atoms with Gasteiger partial charge < -0.3 is 0 Å². The van der Waals surface area contributed by atoms with Gasteiger partial charge in [0, 0.05) is 9.86 Å². The molecule has 0 N–H and O–H groups in total. The van der Waals surface area contributed by atoms with Crippen LogP contribution in [0.5, 0.6) is 0 Å². The molecule has 0 saturated carbocycles. The van der Waals surface area contributed by atoms with Gasteiger partial charge in [-0.25, -0.2) is 9.97 Å². The van der Waals surface area contributed by atoms with E-state index in [0.717, 1.165) is 32.1 Å². The van der Waals surface area contributed by atoms with E-state index in [0.29, 0.717) is 5.82 Å². The van der Waals surface area contributed by atoms with E-state index in [9.17, 15) is 5.26 Å². The van der Waals surface area contributed by atoms with Crippen LogP contribution in [-0.4, -0.2) is 14.4 Å². The number of halogens is 1. The van der Waals surface area contributed by atoms with Crippen LogP contribution in [0.15, 0.2) is 46.9 Å². The van der Waals surface area contributed by atoms with Gasteiger partial charge >= 0.3 is 0 Å². The Morgan fingerprint density at radius 2 is 1.90 bits per heavy atom. The third-order valence-corrected chi connectivity index (χ3v) is 3.79. The average molecular weight is 323 g/mol. The van der Waals surface area contributed by atoms with Crippen LogP contribution in [0.2, 0.25) is 0 Å². The number of rotatable bonds is 0. The minimum Gasteiger partial charge on any atom is -0.267 e. The number of benzene rings is 2. The Hall–Kier alpha value is -2.45. The summed E-state index contributed by atoms with van der Waals surface area (Å²) < 4.78 is 2.74. The first-order valence-electron chi connectivity index (χ1n) is 6.04. The highest BCUT2D eigenvalue weighted by Crippen LogP contribution is 2.26. The number of aromatic nitrogens is 3. The van der Waals surface area contributed by atoms with Gasteiger partial charge in [-0.3, -0.25) is 4.40 Å². The molecule has 5 heteroatoms. The maximum absolute atomic E-state index is 9.37. The summed E-state index contributed by atoms with van der Waals surface area (Å²) in [5, 5.41) is 10.3. The average Bonchev–Trinajstić information content (AvgIpc) is 2.85. The van der Waals surface area contributed by atoms with Gasteiger partial charge in [-0.05, 0) is 30.3 Å². The molecule has 0 aliphatic heterocycles. The molecule has 0 radical (unpaired) electrons. The number of imidazole rings is 1. The fourth-order valence-corrected chi connectivity index (χ4v) is 2.80. The second-order valence-corrected chi connectivity index (χ2v) is 5.38. The Balaban J connectivity index is 2.35. The topological polar surface area (TPSA) is 54.0 Å².